The van der Waals surface area contributed by atoms with Crippen LogP contribution in [0.5, 0.6) is 0 Å². The van der Waals surface area contributed by atoms with Gasteiger partial charge in [-0.15, -0.1) is 0 Å². The molecule has 0 bridgehead atoms. The van der Waals surface area contributed by atoms with E-state index in [1.165, 1.54) is 11.1 Å². The molecule has 3 rings (SSSR count). The molecule has 0 unspecified atom stereocenters. The number of amides is 1. The molecular weight excluding hydrogens is 322 g/mol. The summed E-state index contributed by atoms with van der Waals surface area (Å²) < 4.78 is 0. The van der Waals surface area contributed by atoms with Crippen LogP contribution in [0.3, 0.4) is 0 Å². The lowest BCUT2D eigenvalue weighted by Crippen LogP contribution is -2.44. The fourth-order valence-electron chi connectivity index (χ4n) is 2.94. The Morgan fingerprint density at radius 3 is 2.75 bits per heavy atom. The maximum Gasteiger partial charge on any atom is 0.241 e. The highest BCUT2D eigenvalue weighted by atomic mass is 35.5. The van der Waals surface area contributed by atoms with Crippen molar-refractivity contribution in [2.45, 2.75) is 25.9 Å². The van der Waals surface area contributed by atoms with Crippen molar-refractivity contribution in [3.8, 4) is 6.07 Å². The molecule has 1 aliphatic rings. The average Bonchev–Trinajstić information content (AvgIpc) is 2.60. The smallest absolute Gasteiger partial charge is 0.241 e. The van der Waals surface area contributed by atoms with Crippen LogP contribution in [0.1, 0.15) is 23.6 Å². The number of nitriles is 1. The van der Waals surface area contributed by atoms with Crippen LogP contribution in [0.15, 0.2) is 42.5 Å². The van der Waals surface area contributed by atoms with Gasteiger partial charge in [0, 0.05) is 18.8 Å². The summed E-state index contributed by atoms with van der Waals surface area (Å²) in [7, 11) is 0. The molecule has 122 valence electrons. The Hall–Kier alpha value is -2.35. The molecule has 24 heavy (non-hydrogen) atoms. The van der Waals surface area contributed by atoms with E-state index in [0.29, 0.717) is 16.3 Å². The standard InChI is InChI=1S/C19H18ClN3O/c1-13(23-9-8-14-4-2-3-5-16(14)12-23)19(24)22-17-7-6-15(11-21)18(20)10-17/h2-7,10,13H,8-9,12H2,1H3,(H,22,24)/t13-/m0/s1. The van der Waals surface area contributed by atoms with Crippen LogP contribution < -0.4 is 5.32 Å². The number of halogens is 1. The van der Waals surface area contributed by atoms with Crippen molar-refractivity contribution in [2.75, 3.05) is 11.9 Å². The number of rotatable bonds is 3. The second kappa shape index (κ2) is 7.04. The maximum atomic E-state index is 12.5. The van der Waals surface area contributed by atoms with Crippen LogP contribution in [0.25, 0.3) is 0 Å². The minimum absolute atomic E-state index is 0.0739. The van der Waals surface area contributed by atoms with Gasteiger partial charge in [-0.3, -0.25) is 9.69 Å². The van der Waals surface area contributed by atoms with Crippen LogP contribution in [0, 0.1) is 11.3 Å². The Balaban J connectivity index is 1.67. The highest BCUT2D eigenvalue weighted by molar-refractivity contribution is 6.32. The molecule has 0 aliphatic carbocycles. The molecule has 1 aliphatic heterocycles. The molecule has 0 saturated carbocycles. The zero-order chi connectivity index (χ0) is 17.1. The number of nitrogens with one attached hydrogen (secondary N) is 1. The van der Waals surface area contributed by atoms with Gasteiger partial charge in [0.15, 0.2) is 0 Å². The SMILES string of the molecule is C[C@@H](C(=O)Nc1ccc(C#N)c(Cl)c1)N1CCc2ccccc2C1. The van der Waals surface area contributed by atoms with E-state index in [2.05, 4.69) is 28.4 Å². The van der Waals surface area contributed by atoms with Gasteiger partial charge in [0.25, 0.3) is 0 Å². The van der Waals surface area contributed by atoms with Crippen molar-refractivity contribution in [2.24, 2.45) is 0 Å². The lowest BCUT2D eigenvalue weighted by atomic mass is 9.99. The summed E-state index contributed by atoms with van der Waals surface area (Å²) >= 11 is 6.01. The van der Waals surface area contributed by atoms with Crippen LogP contribution in [-0.4, -0.2) is 23.4 Å². The fourth-order valence-corrected chi connectivity index (χ4v) is 3.17. The normalized spacial score (nSPS) is 15.2. The highest BCUT2D eigenvalue weighted by Gasteiger charge is 2.25. The van der Waals surface area contributed by atoms with E-state index >= 15 is 0 Å². The summed E-state index contributed by atoms with van der Waals surface area (Å²) in [6, 6.07) is 15.0. The monoisotopic (exact) mass is 339 g/mol. The molecule has 1 heterocycles. The minimum atomic E-state index is -0.243. The van der Waals surface area contributed by atoms with Crippen molar-refractivity contribution in [1.29, 1.82) is 5.26 Å². The lowest BCUT2D eigenvalue weighted by Gasteiger charge is -2.32. The number of anilines is 1. The summed E-state index contributed by atoms with van der Waals surface area (Å²) in [5.41, 5.74) is 3.65. The second-order valence-corrected chi connectivity index (χ2v) is 6.37. The molecule has 4 nitrogen and oxygen atoms in total. The molecule has 0 saturated heterocycles. The Morgan fingerprint density at radius 2 is 2.04 bits per heavy atom. The van der Waals surface area contributed by atoms with Crippen molar-refractivity contribution >= 4 is 23.2 Å². The van der Waals surface area contributed by atoms with E-state index < -0.39 is 0 Å². The van der Waals surface area contributed by atoms with Gasteiger partial charge in [-0.2, -0.15) is 5.26 Å². The summed E-state index contributed by atoms with van der Waals surface area (Å²) in [6.45, 7) is 3.55. The largest absolute Gasteiger partial charge is 0.325 e. The van der Waals surface area contributed by atoms with Gasteiger partial charge in [0.2, 0.25) is 5.91 Å². The molecule has 0 aromatic heterocycles. The Kier molecular flexibility index (Phi) is 4.84. The van der Waals surface area contributed by atoms with E-state index in [4.69, 9.17) is 16.9 Å². The van der Waals surface area contributed by atoms with E-state index in [0.717, 1.165) is 19.5 Å². The summed E-state index contributed by atoms with van der Waals surface area (Å²) in [5.74, 6) is -0.0739. The third-order valence-corrected chi connectivity index (χ3v) is 4.76. The van der Waals surface area contributed by atoms with Crippen LogP contribution in [-0.2, 0) is 17.8 Å². The third-order valence-electron chi connectivity index (χ3n) is 4.44. The first-order valence-corrected chi connectivity index (χ1v) is 8.27. The van der Waals surface area contributed by atoms with Gasteiger partial charge in [-0.1, -0.05) is 35.9 Å². The fraction of sp³-hybridized carbons (Fsp3) is 0.263. The van der Waals surface area contributed by atoms with Gasteiger partial charge in [0.1, 0.15) is 6.07 Å². The van der Waals surface area contributed by atoms with Gasteiger partial charge in [-0.05, 0) is 42.7 Å². The van der Waals surface area contributed by atoms with E-state index in [1.54, 1.807) is 18.2 Å². The van der Waals surface area contributed by atoms with Gasteiger partial charge < -0.3 is 5.32 Å². The van der Waals surface area contributed by atoms with Crippen LogP contribution in [0.4, 0.5) is 5.69 Å². The van der Waals surface area contributed by atoms with Crippen molar-refractivity contribution in [3.05, 3.63) is 64.2 Å². The Morgan fingerprint density at radius 1 is 1.29 bits per heavy atom. The first-order valence-electron chi connectivity index (χ1n) is 7.90. The van der Waals surface area contributed by atoms with Crippen molar-refractivity contribution in [1.82, 2.24) is 4.90 Å². The summed E-state index contributed by atoms with van der Waals surface area (Å²) in [6.07, 6.45) is 0.955. The van der Waals surface area contributed by atoms with Gasteiger partial charge >= 0.3 is 0 Å². The number of benzene rings is 2. The lowest BCUT2D eigenvalue weighted by molar-refractivity contribution is -0.121. The molecule has 0 spiro atoms. The van der Waals surface area contributed by atoms with E-state index in [1.807, 2.05) is 19.1 Å². The summed E-state index contributed by atoms with van der Waals surface area (Å²) in [4.78, 5) is 14.7. The molecule has 2 aromatic rings. The van der Waals surface area contributed by atoms with Gasteiger partial charge in [-0.25, -0.2) is 0 Å². The molecule has 5 heteroatoms. The van der Waals surface area contributed by atoms with Gasteiger partial charge in [0.05, 0.1) is 16.6 Å². The zero-order valence-corrected chi connectivity index (χ0v) is 14.2. The molecule has 1 atom stereocenters. The van der Waals surface area contributed by atoms with Crippen LogP contribution in [0.2, 0.25) is 5.02 Å². The van der Waals surface area contributed by atoms with E-state index in [-0.39, 0.29) is 11.9 Å². The quantitative estimate of drug-likeness (QED) is 0.929. The molecular formula is C19H18ClN3O. The first kappa shape index (κ1) is 16.5. The van der Waals surface area contributed by atoms with Crippen molar-refractivity contribution < 1.29 is 4.79 Å². The number of nitrogens with zero attached hydrogens (tertiary/aromatic N) is 2. The topological polar surface area (TPSA) is 56.1 Å². The molecule has 0 fully saturated rings. The molecule has 1 amide bonds. The first-order chi connectivity index (χ1) is 11.6. The number of hydrogen-bond acceptors (Lipinski definition) is 3. The number of hydrogen-bond donors (Lipinski definition) is 1. The zero-order valence-electron chi connectivity index (χ0n) is 13.4. The highest BCUT2D eigenvalue weighted by Crippen LogP contribution is 2.23. The summed E-state index contributed by atoms with van der Waals surface area (Å²) in [5, 5.41) is 12.1. The Bertz CT molecular complexity index is 812. The molecule has 1 N–H and O–H groups in total. The average molecular weight is 340 g/mol. The minimum Gasteiger partial charge on any atom is -0.325 e. The van der Waals surface area contributed by atoms with Crippen LogP contribution >= 0.6 is 11.6 Å². The van der Waals surface area contributed by atoms with E-state index in [9.17, 15) is 4.79 Å². The molecule has 2 aromatic carbocycles. The predicted molar refractivity (Wildman–Crippen MR) is 94.8 cm³/mol. The second-order valence-electron chi connectivity index (χ2n) is 5.96. The number of carbonyl (C=O) groups is 1. The third kappa shape index (κ3) is 3.43. The maximum absolute atomic E-state index is 12.5. The Labute approximate surface area is 146 Å². The number of fused-ring (bicyclic) bond motifs is 1. The molecule has 0 radical (unpaired) electrons. The van der Waals surface area contributed by atoms with Crippen molar-refractivity contribution in [3.63, 3.8) is 0 Å². The number of carbonyl (C=O) groups excluding carboxylic acids is 1. The predicted octanol–water partition coefficient (Wildman–Crippen LogP) is 3.60.